The number of halogens is 2. The standard InChI is InChI=1S/C13H16Cl2N2O4/c1-8(10-3-2-9(14)6-11(10)15)17-13(20)16-4-5-21-7-12(18)19/h2-3,6,8H,4-5,7H2,1H3,(H,18,19)(H2,16,17,20). The first-order chi connectivity index (χ1) is 9.90. The van der Waals surface area contributed by atoms with Gasteiger partial charge in [0.15, 0.2) is 0 Å². The highest BCUT2D eigenvalue weighted by Gasteiger charge is 2.12. The van der Waals surface area contributed by atoms with Crippen LogP contribution in [-0.4, -0.2) is 36.9 Å². The van der Waals surface area contributed by atoms with Crippen LogP contribution in [0.5, 0.6) is 0 Å². The molecule has 1 aromatic rings. The molecule has 0 saturated carbocycles. The fraction of sp³-hybridized carbons (Fsp3) is 0.385. The minimum Gasteiger partial charge on any atom is -0.480 e. The summed E-state index contributed by atoms with van der Waals surface area (Å²) in [6.45, 7) is 1.73. The molecule has 1 aromatic carbocycles. The third-order valence-corrected chi connectivity index (χ3v) is 3.10. The van der Waals surface area contributed by atoms with Gasteiger partial charge in [-0.3, -0.25) is 0 Å². The molecule has 0 bridgehead atoms. The third-order valence-electron chi connectivity index (χ3n) is 2.53. The fourth-order valence-electron chi connectivity index (χ4n) is 1.57. The minimum absolute atomic E-state index is 0.121. The number of aliphatic carboxylic acids is 1. The van der Waals surface area contributed by atoms with Crippen LogP contribution in [0.3, 0.4) is 0 Å². The summed E-state index contributed by atoms with van der Waals surface area (Å²) >= 11 is 11.9. The van der Waals surface area contributed by atoms with E-state index >= 15 is 0 Å². The summed E-state index contributed by atoms with van der Waals surface area (Å²) in [6, 6.07) is 4.35. The molecule has 1 rings (SSSR count). The molecule has 0 aliphatic carbocycles. The molecule has 8 heteroatoms. The highest BCUT2D eigenvalue weighted by atomic mass is 35.5. The van der Waals surface area contributed by atoms with Gasteiger partial charge in [0, 0.05) is 16.6 Å². The Hall–Kier alpha value is -1.50. The quantitative estimate of drug-likeness (QED) is 0.668. The molecule has 1 unspecified atom stereocenters. The molecular weight excluding hydrogens is 319 g/mol. The third kappa shape index (κ3) is 6.66. The SMILES string of the molecule is CC(NC(=O)NCCOCC(=O)O)c1ccc(Cl)cc1Cl. The van der Waals surface area contributed by atoms with Crippen molar-refractivity contribution in [2.24, 2.45) is 0 Å². The van der Waals surface area contributed by atoms with Crippen LogP contribution in [0.2, 0.25) is 10.0 Å². The number of ether oxygens (including phenoxy) is 1. The van der Waals surface area contributed by atoms with Crippen LogP contribution in [0.15, 0.2) is 18.2 Å². The largest absolute Gasteiger partial charge is 0.480 e. The summed E-state index contributed by atoms with van der Waals surface area (Å²) in [4.78, 5) is 21.8. The van der Waals surface area contributed by atoms with E-state index in [4.69, 9.17) is 33.0 Å². The zero-order chi connectivity index (χ0) is 15.8. The monoisotopic (exact) mass is 334 g/mol. The second-order valence-corrected chi connectivity index (χ2v) is 5.08. The van der Waals surface area contributed by atoms with Gasteiger partial charge in [0.1, 0.15) is 6.61 Å². The number of carbonyl (C=O) groups is 2. The second-order valence-electron chi connectivity index (χ2n) is 4.23. The van der Waals surface area contributed by atoms with Crippen LogP contribution in [-0.2, 0) is 9.53 Å². The second kappa shape index (κ2) is 8.71. The smallest absolute Gasteiger partial charge is 0.329 e. The van der Waals surface area contributed by atoms with E-state index in [1.54, 1.807) is 25.1 Å². The van der Waals surface area contributed by atoms with Crippen LogP contribution in [0.25, 0.3) is 0 Å². The Kier molecular flexibility index (Phi) is 7.28. The summed E-state index contributed by atoms with van der Waals surface area (Å²) < 4.78 is 4.79. The minimum atomic E-state index is -1.05. The van der Waals surface area contributed by atoms with Crippen molar-refractivity contribution in [3.8, 4) is 0 Å². The normalized spacial score (nSPS) is 11.8. The number of rotatable bonds is 7. The van der Waals surface area contributed by atoms with E-state index in [1.165, 1.54) is 0 Å². The van der Waals surface area contributed by atoms with Gasteiger partial charge in [0.05, 0.1) is 12.6 Å². The van der Waals surface area contributed by atoms with Crippen molar-refractivity contribution in [1.29, 1.82) is 0 Å². The van der Waals surface area contributed by atoms with Crippen molar-refractivity contribution in [3.05, 3.63) is 33.8 Å². The fourth-order valence-corrected chi connectivity index (χ4v) is 2.15. The molecule has 0 aliphatic rings. The molecule has 3 N–H and O–H groups in total. The molecule has 0 heterocycles. The van der Waals surface area contributed by atoms with Gasteiger partial charge < -0.3 is 20.5 Å². The molecule has 116 valence electrons. The van der Waals surface area contributed by atoms with Crippen LogP contribution in [0.1, 0.15) is 18.5 Å². The van der Waals surface area contributed by atoms with Crippen LogP contribution in [0, 0.1) is 0 Å². The van der Waals surface area contributed by atoms with Crippen LogP contribution in [0.4, 0.5) is 4.79 Å². The lowest BCUT2D eigenvalue weighted by Gasteiger charge is -2.16. The van der Waals surface area contributed by atoms with Gasteiger partial charge >= 0.3 is 12.0 Å². The average Bonchev–Trinajstić information content (AvgIpc) is 2.37. The van der Waals surface area contributed by atoms with E-state index in [-0.39, 0.29) is 25.8 Å². The Morgan fingerprint density at radius 2 is 2.10 bits per heavy atom. The topological polar surface area (TPSA) is 87.7 Å². The molecule has 0 saturated heterocycles. The molecule has 0 radical (unpaired) electrons. The zero-order valence-corrected chi connectivity index (χ0v) is 12.9. The van der Waals surface area contributed by atoms with Gasteiger partial charge in [-0.25, -0.2) is 9.59 Å². The maximum Gasteiger partial charge on any atom is 0.329 e. The summed E-state index contributed by atoms with van der Waals surface area (Å²) in [6.07, 6.45) is 0. The highest BCUT2D eigenvalue weighted by molar-refractivity contribution is 6.35. The molecule has 2 amide bonds. The number of benzene rings is 1. The Morgan fingerprint density at radius 1 is 1.38 bits per heavy atom. The maximum absolute atomic E-state index is 11.6. The van der Waals surface area contributed by atoms with Crippen molar-refractivity contribution in [3.63, 3.8) is 0 Å². The molecule has 0 aliphatic heterocycles. The number of hydrogen-bond donors (Lipinski definition) is 3. The zero-order valence-electron chi connectivity index (χ0n) is 11.4. The van der Waals surface area contributed by atoms with Gasteiger partial charge in [0.2, 0.25) is 0 Å². The number of hydrogen-bond acceptors (Lipinski definition) is 3. The Bertz CT molecular complexity index is 511. The van der Waals surface area contributed by atoms with Gasteiger partial charge in [-0.2, -0.15) is 0 Å². The summed E-state index contributed by atoms with van der Waals surface area (Å²) in [5, 5.41) is 14.6. The Morgan fingerprint density at radius 3 is 2.71 bits per heavy atom. The predicted molar refractivity (Wildman–Crippen MR) is 79.9 cm³/mol. The van der Waals surface area contributed by atoms with Crippen molar-refractivity contribution in [2.45, 2.75) is 13.0 Å². The van der Waals surface area contributed by atoms with E-state index in [9.17, 15) is 9.59 Å². The number of urea groups is 1. The number of carboxylic acids is 1. The summed E-state index contributed by atoms with van der Waals surface area (Å²) in [7, 11) is 0. The Labute approximate surface area is 132 Å². The van der Waals surface area contributed by atoms with E-state index in [1.807, 2.05) is 0 Å². The number of nitrogens with one attached hydrogen (secondary N) is 2. The van der Waals surface area contributed by atoms with E-state index in [0.717, 1.165) is 5.56 Å². The molecular formula is C13H16Cl2N2O4. The molecule has 6 nitrogen and oxygen atoms in total. The summed E-state index contributed by atoms with van der Waals surface area (Å²) in [5.41, 5.74) is 0.748. The number of carbonyl (C=O) groups excluding carboxylic acids is 1. The van der Waals surface area contributed by atoms with Gasteiger partial charge in [0.25, 0.3) is 0 Å². The molecule has 0 spiro atoms. The van der Waals surface area contributed by atoms with Gasteiger partial charge in [-0.05, 0) is 24.6 Å². The molecule has 0 aromatic heterocycles. The average molecular weight is 335 g/mol. The lowest BCUT2D eigenvalue weighted by molar-refractivity contribution is -0.142. The lowest BCUT2D eigenvalue weighted by atomic mass is 10.1. The predicted octanol–water partition coefficient (Wildman–Crippen LogP) is 2.45. The van der Waals surface area contributed by atoms with Crippen LogP contribution < -0.4 is 10.6 Å². The van der Waals surface area contributed by atoms with Gasteiger partial charge in [-0.15, -0.1) is 0 Å². The molecule has 0 fully saturated rings. The highest BCUT2D eigenvalue weighted by Crippen LogP contribution is 2.25. The van der Waals surface area contributed by atoms with E-state index in [2.05, 4.69) is 10.6 Å². The first-order valence-corrected chi connectivity index (χ1v) is 6.94. The number of amides is 2. The first-order valence-electron chi connectivity index (χ1n) is 6.19. The van der Waals surface area contributed by atoms with Gasteiger partial charge in [-0.1, -0.05) is 29.3 Å². The first kappa shape index (κ1) is 17.6. The maximum atomic E-state index is 11.6. The lowest BCUT2D eigenvalue weighted by Crippen LogP contribution is -2.38. The van der Waals surface area contributed by atoms with Crippen molar-refractivity contribution in [2.75, 3.05) is 19.8 Å². The Balaban J connectivity index is 2.35. The van der Waals surface area contributed by atoms with Crippen molar-refractivity contribution < 1.29 is 19.4 Å². The van der Waals surface area contributed by atoms with E-state index < -0.39 is 12.0 Å². The van der Waals surface area contributed by atoms with Crippen molar-refractivity contribution in [1.82, 2.24) is 10.6 Å². The van der Waals surface area contributed by atoms with Crippen molar-refractivity contribution >= 4 is 35.2 Å². The number of carboxylic acid groups (broad SMARTS) is 1. The molecule has 1 atom stereocenters. The molecule has 21 heavy (non-hydrogen) atoms. The van der Waals surface area contributed by atoms with E-state index in [0.29, 0.717) is 10.0 Å². The summed E-state index contributed by atoms with van der Waals surface area (Å²) in [5.74, 6) is -1.05. The van der Waals surface area contributed by atoms with Crippen LogP contribution >= 0.6 is 23.2 Å².